The molecule has 0 saturated heterocycles. The van der Waals surface area contributed by atoms with Gasteiger partial charge in [-0.05, 0) is 31.9 Å². The van der Waals surface area contributed by atoms with E-state index in [9.17, 15) is 24.3 Å². The molecule has 0 aromatic heterocycles. The van der Waals surface area contributed by atoms with Crippen molar-refractivity contribution in [2.45, 2.75) is 51.3 Å². The normalized spacial score (nSPS) is 20.7. The van der Waals surface area contributed by atoms with Crippen LogP contribution in [0.1, 0.15) is 31.9 Å². The highest BCUT2D eigenvalue weighted by Crippen LogP contribution is 2.12. The van der Waals surface area contributed by atoms with E-state index < -0.39 is 48.1 Å². The molecule has 0 fully saturated rings. The Morgan fingerprint density at radius 2 is 1.82 bits per heavy atom. The van der Waals surface area contributed by atoms with Crippen molar-refractivity contribution in [3.63, 3.8) is 0 Å². The summed E-state index contributed by atoms with van der Waals surface area (Å²) in [5.74, 6) is -2.36. The van der Waals surface area contributed by atoms with Crippen LogP contribution in [0.25, 0.3) is 0 Å². The monoisotopic (exact) mass is 391 g/mol. The lowest BCUT2D eigenvalue weighted by Crippen LogP contribution is -2.52. The van der Waals surface area contributed by atoms with Gasteiger partial charge in [-0.15, -0.1) is 0 Å². The van der Waals surface area contributed by atoms with E-state index in [0.29, 0.717) is 5.56 Å². The first-order valence-electron chi connectivity index (χ1n) is 8.91. The van der Waals surface area contributed by atoms with Gasteiger partial charge in [0, 0.05) is 12.8 Å². The summed E-state index contributed by atoms with van der Waals surface area (Å²) >= 11 is 0. The van der Waals surface area contributed by atoms with E-state index in [1.165, 1.54) is 0 Å². The van der Waals surface area contributed by atoms with Gasteiger partial charge in [-0.3, -0.25) is 9.59 Å². The van der Waals surface area contributed by atoms with Crippen LogP contribution in [0.2, 0.25) is 0 Å². The largest absolute Gasteiger partial charge is 0.480 e. The molecule has 1 aromatic carbocycles. The summed E-state index contributed by atoms with van der Waals surface area (Å²) in [5, 5.41) is 16.7. The van der Waals surface area contributed by atoms with Crippen molar-refractivity contribution in [3.05, 3.63) is 35.4 Å². The Hall–Kier alpha value is -3.10. The number of aliphatic carboxylic acids is 1. The predicted molar refractivity (Wildman–Crippen MR) is 99.6 cm³/mol. The van der Waals surface area contributed by atoms with Crippen LogP contribution in [-0.2, 0) is 32.0 Å². The van der Waals surface area contributed by atoms with Gasteiger partial charge in [0.15, 0.2) is 0 Å². The molecule has 1 aliphatic rings. The van der Waals surface area contributed by atoms with E-state index >= 15 is 0 Å². The van der Waals surface area contributed by atoms with E-state index in [0.717, 1.165) is 5.56 Å². The SMILES string of the molecule is CC(C)(C)OC(=O)N[C@H]1Cc2cccc(c2)C[C@@H](C(=O)O)NC(=O)CNC1=O. The van der Waals surface area contributed by atoms with Crippen LogP contribution in [0, 0.1) is 0 Å². The molecule has 9 nitrogen and oxygen atoms in total. The maximum Gasteiger partial charge on any atom is 0.408 e. The molecule has 2 bridgehead atoms. The molecule has 1 heterocycles. The number of carbonyl (C=O) groups is 4. The molecule has 152 valence electrons. The molecule has 28 heavy (non-hydrogen) atoms. The van der Waals surface area contributed by atoms with Crippen LogP contribution in [0.15, 0.2) is 24.3 Å². The third-order valence-electron chi connectivity index (χ3n) is 3.93. The third kappa shape index (κ3) is 6.57. The number of carbonyl (C=O) groups excluding carboxylic acids is 3. The van der Waals surface area contributed by atoms with Crippen molar-refractivity contribution in [2.75, 3.05) is 6.54 Å². The number of carboxylic acids is 1. The minimum atomic E-state index is -1.16. The van der Waals surface area contributed by atoms with Gasteiger partial charge in [-0.1, -0.05) is 24.3 Å². The summed E-state index contributed by atoms with van der Waals surface area (Å²) < 4.78 is 5.20. The number of benzene rings is 1. The van der Waals surface area contributed by atoms with Crippen molar-refractivity contribution in [3.8, 4) is 0 Å². The topological polar surface area (TPSA) is 134 Å². The minimum Gasteiger partial charge on any atom is -0.480 e. The second-order valence-corrected chi connectivity index (χ2v) is 7.60. The summed E-state index contributed by atoms with van der Waals surface area (Å²) in [4.78, 5) is 48.0. The number of nitrogens with one attached hydrogen (secondary N) is 3. The van der Waals surface area contributed by atoms with Crippen LogP contribution in [0.4, 0.5) is 4.79 Å². The van der Waals surface area contributed by atoms with Crippen molar-refractivity contribution in [2.24, 2.45) is 0 Å². The van der Waals surface area contributed by atoms with Gasteiger partial charge in [0.2, 0.25) is 11.8 Å². The fraction of sp³-hybridized carbons (Fsp3) is 0.474. The summed E-state index contributed by atoms with van der Waals surface area (Å²) in [5.41, 5.74) is 0.712. The number of alkyl carbamates (subject to hydrolysis) is 1. The lowest BCUT2D eigenvalue weighted by Gasteiger charge is -2.24. The van der Waals surface area contributed by atoms with Crippen molar-refractivity contribution in [1.29, 1.82) is 0 Å². The van der Waals surface area contributed by atoms with Gasteiger partial charge >= 0.3 is 12.1 Å². The van der Waals surface area contributed by atoms with Crippen LogP contribution in [-0.4, -0.2) is 53.2 Å². The minimum absolute atomic E-state index is 0.104. The number of carboxylic acid groups (broad SMARTS) is 1. The van der Waals surface area contributed by atoms with Crippen LogP contribution >= 0.6 is 0 Å². The number of ether oxygens (including phenoxy) is 1. The van der Waals surface area contributed by atoms with E-state index in [-0.39, 0.29) is 12.8 Å². The number of amides is 3. The molecule has 1 aromatic rings. The van der Waals surface area contributed by atoms with E-state index in [1.54, 1.807) is 45.0 Å². The average molecular weight is 391 g/mol. The Morgan fingerprint density at radius 3 is 2.43 bits per heavy atom. The summed E-state index contributed by atoms with van der Waals surface area (Å²) in [6, 6.07) is 4.96. The zero-order chi connectivity index (χ0) is 20.9. The fourth-order valence-electron chi connectivity index (χ4n) is 2.75. The molecule has 1 aliphatic heterocycles. The lowest BCUT2D eigenvalue weighted by molar-refractivity contribution is -0.141. The lowest BCUT2D eigenvalue weighted by atomic mass is 9.99. The highest BCUT2D eigenvalue weighted by molar-refractivity contribution is 5.91. The van der Waals surface area contributed by atoms with E-state index in [1.807, 2.05) is 0 Å². The number of fused-ring (bicyclic) bond motifs is 2. The Bertz CT molecular complexity index is 771. The van der Waals surface area contributed by atoms with Gasteiger partial charge in [0.25, 0.3) is 0 Å². The van der Waals surface area contributed by atoms with Gasteiger partial charge < -0.3 is 25.8 Å². The van der Waals surface area contributed by atoms with Gasteiger partial charge in [0.1, 0.15) is 17.7 Å². The smallest absolute Gasteiger partial charge is 0.408 e. The summed E-state index contributed by atoms with van der Waals surface area (Å²) in [6.45, 7) is 4.73. The van der Waals surface area contributed by atoms with Crippen molar-refractivity contribution >= 4 is 23.9 Å². The van der Waals surface area contributed by atoms with Gasteiger partial charge in [0.05, 0.1) is 6.54 Å². The molecule has 0 unspecified atom stereocenters. The van der Waals surface area contributed by atoms with Crippen molar-refractivity contribution in [1.82, 2.24) is 16.0 Å². The van der Waals surface area contributed by atoms with E-state index in [4.69, 9.17) is 4.74 Å². The molecule has 4 N–H and O–H groups in total. The van der Waals surface area contributed by atoms with Crippen LogP contribution in [0.3, 0.4) is 0 Å². The summed E-state index contributed by atoms with van der Waals surface area (Å²) in [7, 11) is 0. The Morgan fingerprint density at radius 1 is 1.18 bits per heavy atom. The summed E-state index contributed by atoms with van der Waals surface area (Å²) in [6.07, 6.45) is -0.475. The maximum atomic E-state index is 12.5. The predicted octanol–water partition coefficient (Wildman–Crippen LogP) is 0.364. The fourth-order valence-corrected chi connectivity index (χ4v) is 2.75. The quantitative estimate of drug-likeness (QED) is 0.575. The number of hydrogen-bond acceptors (Lipinski definition) is 5. The molecular formula is C19H25N3O6. The Balaban J connectivity index is 2.26. The molecule has 2 rings (SSSR count). The second-order valence-electron chi connectivity index (χ2n) is 7.60. The van der Waals surface area contributed by atoms with E-state index in [2.05, 4.69) is 16.0 Å². The molecule has 2 atom stereocenters. The maximum absolute atomic E-state index is 12.5. The first-order chi connectivity index (χ1) is 13.0. The number of hydrogen-bond donors (Lipinski definition) is 4. The molecule has 0 saturated carbocycles. The molecule has 0 radical (unpaired) electrons. The van der Waals surface area contributed by atoms with Gasteiger partial charge in [-0.25, -0.2) is 9.59 Å². The second kappa shape index (κ2) is 8.73. The Labute approximate surface area is 162 Å². The number of rotatable bonds is 2. The van der Waals surface area contributed by atoms with Crippen LogP contribution in [0.5, 0.6) is 0 Å². The van der Waals surface area contributed by atoms with Gasteiger partial charge in [-0.2, -0.15) is 0 Å². The molecule has 0 spiro atoms. The first kappa shape index (κ1) is 21.2. The molecular weight excluding hydrogens is 366 g/mol. The zero-order valence-electron chi connectivity index (χ0n) is 16.1. The first-order valence-corrected chi connectivity index (χ1v) is 8.91. The zero-order valence-corrected chi connectivity index (χ0v) is 16.1. The van der Waals surface area contributed by atoms with Crippen molar-refractivity contribution < 1.29 is 29.0 Å². The average Bonchev–Trinajstić information content (AvgIpc) is 2.56. The molecule has 0 aliphatic carbocycles. The Kier molecular flexibility index (Phi) is 6.61. The highest BCUT2D eigenvalue weighted by atomic mass is 16.6. The molecule has 3 amide bonds. The third-order valence-corrected chi connectivity index (χ3v) is 3.93. The highest BCUT2D eigenvalue weighted by Gasteiger charge is 2.27. The standard InChI is InChI=1S/C19H25N3O6/c1-19(2,3)28-18(27)22-13-8-11-5-4-6-12(7-11)9-14(17(25)26)21-15(23)10-20-16(13)24/h4-7,13-14H,8-10H2,1-3H3,(H,20,24)(H,21,23)(H,22,27)(H,25,26)/t13-,14-/m0/s1. The molecule has 9 heteroatoms. The van der Waals surface area contributed by atoms with Crippen LogP contribution < -0.4 is 16.0 Å².